The van der Waals surface area contributed by atoms with Crippen molar-refractivity contribution < 1.29 is 19.6 Å². The molecule has 0 radical (unpaired) electrons. The molecule has 19 heavy (non-hydrogen) atoms. The van der Waals surface area contributed by atoms with Gasteiger partial charge in [-0.1, -0.05) is 6.92 Å². The van der Waals surface area contributed by atoms with Gasteiger partial charge in [0.1, 0.15) is 0 Å². The van der Waals surface area contributed by atoms with Crippen LogP contribution in [0, 0.1) is 10.1 Å². The van der Waals surface area contributed by atoms with E-state index < -0.39 is 10.8 Å². The van der Waals surface area contributed by atoms with Crippen molar-refractivity contribution in [3.05, 3.63) is 33.9 Å². The Morgan fingerprint density at radius 3 is 2.74 bits per heavy atom. The molecule has 0 saturated heterocycles. The molecule has 0 spiro atoms. The molecule has 1 aromatic rings. The largest absolute Gasteiger partial charge is 0.490 e. The van der Waals surface area contributed by atoms with E-state index in [4.69, 9.17) is 9.84 Å². The highest BCUT2D eigenvalue weighted by molar-refractivity contribution is 5.95. The van der Waals surface area contributed by atoms with Crippen LogP contribution >= 0.6 is 0 Å². The van der Waals surface area contributed by atoms with Gasteiger partial charge in [0.2, 0.25) is 0 Å². The van der Waals surface area contributed by atoms with Gasteiger partial charge in [-0.25, -0.2) is 0 Å². The van der Waals surface area contributed by atoms with Crippen LogP contribution in [0.1, 0.15) is 23.7 Å². The van der Waals surface area contributed by atoms with E-state index in [1.54, 1.807) is 0 Å². The smallest absolute Gasteiger partial charge is 0.310 e. The van der Waals surface area contributed by atoms with Crippen LogP contribution in [-0.4, -0.2) is 35.7 Å². The number of carbonyl (C=O) groups is 1. The first-order valence-corrected chi connectivity index (χ1v) is 5.77. The Morgan fingerprint density at radius 2 is 2.26 bits per heavy atom. The van der Waals surface area contributed by atoms with E-state index in [2.05, 4.69) is 5.32 Å². The number of nitrogens with one attached hydrogen (secondary N) is 1. The van der Waals surface area contributed by atoms with Gasteiger partial charge in [-0.15, -0.1) is 0 Å². The fraction of sp³-hybridized carbons (Fsp3) is 0.417. The lowest BCUT2D eigenvalue weighted by molar-refractivity contribution is -0.385. The van der Waals surface area contributed by atoms with Crippen molar-refractivity contribution in [2.45, 2.75) is 19.4 Å². The fourth-order valence-corrected chi connectivity index (χ4v) is 1.52. The molecule has 2 N–H and O–H groups in total. The summed E-state index contributed by atoms with van der Waals surface area (Å²) in [5.74, 6) is -0.385. The number of hydrogen-bond donors (Lipinski definition) is 2. The number of nitro benzene ring substituents is 1. The number of hydrogen-bond acceptors (Lipinski definition) is 5. The maximum absolute atomic E-state index is 11.9. The third-order valence-electron chi connectivity index (χ3n) is 2.69. The van der Waals surface area contributed by atoms with Crippen molar-refractivity contribution >= 4 is 11.6 Å². The summed E-state index contributed by atoms with van der Waals surface area (Å²) < 4.78 is 4.88. The summed E-state index contributed by atoms with van der Waals surface area (Å²) in [5.41, 5.74) is 0.0441. The molecular formula is C12H16N2O5. The topological polar surface area (TPSA) is 102 Å². The first kappa shape index (κ1) is 14.9. The lowest BCUT2D eigenvalue weighted by atomic mass is 10.1. The highest BCUT2D eigenvalue weighted by Crippen LogP contribution is 2.27. The number of amides is 1. The molecule has 0 unspecified atom stereocenters. The van der Waals surface area contributed by atoms with Crippen molar-refractivity contribution in [1.82, 2.24) is 5.32 Å². The van der Waals surface area contributed by atoms with Gasteiger partial charge >= 0.3 is 5.69 Å². The number of ether oxygens (including phenoxy) is 1. The van der Waals surface area contributed by atoms with Crippen LogP contribution in [-0.2, 0) is 0 Å². The monoisotopic (exact) mass is 268 g/mol. The summed E-state index contributed by atoms with van der Waals surface area (Å²) in [7, 11) is 1.30. The van der Waals surface area contributed by atoms with Gasteiger partial charge in [0.15, 0.2) is 5.75 Å². The Morgan fingerprint density at radius 1 is 1.58 bits per heavy atom. The number of carbonyl (C=O) groups excluding carboxylic acids is 1. The van der Waals surface area contributed by atoms with E-state index in [0.29, 0.717) is 6.42 Å². The lowest BCUT2D eigenvalue weighted by Crippen LogP contribution is -2.36. The highest BCUT2D eigenvalue weighted by atomic mass is 16.6. The van der Waals surface area contributed by atoms with Crippen molar-refractivity contribution in [3.63, 3.8) is 0 Å². The predicted octanol–water partition coefficient (Wildman–Crippen LogP) is 1.10. The molecule has 0 saturated carbocycles. The standard InChI is InChI=1S/C12H16N2O5/c1-3-9(7-15)13-12(16)8-4-5-10(14(17)18)11(6-8)19-2/h4-6,9,15H,3,7H2,1-2H3,(H,13,16)/t9-/m1/s1. The van der Waals surface area contributed by atoms with E-state index >= 15 is 0 Å². The molecule has 7 nitrogen and oxygen atoms in total. The van der Waals surface area contributed by atoms with Gasteiger partial charge in [0, 0.05) is 17.7 Å². The minimum Gasteiger partial charge on any atom is -0.490 e. The summed E-state index contributed by atoms with van der Waals surface area (Å²) >= 11 is 0. The third kappa shape index (κ3) is 3.65. The number of methoxy groups -OCH3 is 1. The maximum atomic E-state index is 11.9. The van der Waals surface area contributed by atoms with Crippen molar-refractivity contribution in [3.8, 4) is 5.75 Å². The molecule has 1 amide bonds. The molecule has 0 aromatic heterocycles. The second kappa shape index (κ2) is 6.69. The summed E-state index contributed by atoms with van der Waals surface area (Å²) in [6.07, 6.45) is 0.590. The van der Waals surface area contributed by atoms with E-state index in [1.807, 2.05) is 6.92 Å². The Bertz CT molecular complexity index is 471. The van der Waals surface area contributed by atoms with Gasteiger partial charge in [0.05, 0.1) is 24.7 Å². The van der Waals surface area contributed by atoms with Crippen molar-refractivity contribution in [1.29, 1.82) is 0 Å². The predicted molar refractivity (Wildman–Crippen MR) is 68.3 cm³/mol. The number of aliphatic hydroxyl groups excluding tert-OH is 1. The summed E-state index contributed by atoms with van der Waals surface area (Å²) in [5, 5.41) is 22.4. The van der Waals surface area contributed by atoms with E-state index in [-0.39, 0.29) is 29.6 Å². The molecule has 0 aliphatic rings. The van der Waals surface area contributed by atoms with E-state index in [9.17, 15) is 14.9 Å². The third-order valence-corrected chi connectivity index (χ3v) is 2.69. The number of nitro groups is 1. The van der Waals surface area contributed by atoms with Crippen LogP contribution in [0.4, 0.5) is 5.69 Å². The molecule has 0 bridgehead atoms. The van der Waals surface area contributed by atoms with Crippen molar-refractivity contribution in [2.75, 3.05) is 13.7 Å². The molecule has 104 valence electrons. The number of nitrogens with zero attached hydrogens (tertiary/aromatic N) is 1. The summed E-state index contributed by atoms with van der Waals surface area (Å²) in [6, 6.07) is 3.53. The van der Waals surface area contributed by atoms with Gasteiger partial charge in [-0.05, 0) is 12.5 Å². The van der Waals surface area contributed by atoms with Crippen LogP contribution in [0.2, 0.25) is 0 Å². The highest BCUT2D eigenvalue weighted by Gasteiger charge is 2.18. The zero-order valence-electron chi connectivity index (χ0n) is 10.8. The zero-order valence-corrected chi connectivity index (χ0v) is 10.8. The molecule has 0 aliphatic carbocycles. The molecular weight excluding hydrogens is 252 g/mol. The molecule has 1 atom stereocenters. The number of rotatable bonds is 6. The minimum absolute atomic E-state index is 0.0229. The lowest BCUT2D eigenvalue weighted by Gasteiger charge is -2.14. The zero-order chi connectivity index (χ0) is 14.4. The van der Waals surface area contributed by atoms with Crippen LogP contribution in [0.15, 0.2) is 18.2 Å². The fourth-order valence-electron chi connectivity index (χ4n) is 1.52. The van der Waals surface area contributed by atoms with Crippen LogP contribution < -0.4 is 10.1 Å². The summed E-state index contributed by atoms with van der Waals surface area (Å²) in [4.78, 5) is 22.0. The quantitative estimate of drug-likeness (QED) is 0.594. The molecule has 0 heterocycles. The van der Waals surface area contributed by atoms with Crippen molar-refractivity contribution in [2.24, 2.45) is 0 Å². The SMILES string of the molecule is CC[C@H](CO)NC(=O)c1ccc([N+](=O)[O-])c(OC)c1. The molecule has 0 fully saturated rings. The van der Waals surface area contributed by atoms with E-state index in [0.717, 1.165) is 0 Å². The minimum atomic E-state index is -0.580. The first-order chi connectivity index (χ1) is 9.03. The molecule has 7 heteroatoms. The van der Waals surface area contributed by atoms with Crippen LogP contribution in [0.5, 0.6) is 5.75 Å². The Labute approximate surface area is 110 Å². The van der Waals surface area contributed by atoms with Crippen LogP contribution in [0.25, 0.3) is 0 Å². The van der Waals surface area contributed by atoms with Crippen LogP contribution in [0.3, 0.4) is 0 Å². The van der Waals surface area contributed by atoms with Gasteiger partial charge in [-0.3, -0.25) is 14.9 Å². The van der Waals surface area contributed by atoms with E-state index in [1.165, 1.54) is 25.3 Å². The number of benzene rings is 1. The second-order valence-electron chi connectivity index (χ2n) is 3.90. The second-order valence-corrected chi connectivity index (χ2v) is 3.90. The molecule has 1 aromatic carbocycles. The molecule has 0 aliphatic heterocycles. The molecule has 1 rings (SSSR count). The van der Waals surface area contributed by atoms with Gasteiger partial charge in [0.25, 0.3) is 5.91 Å². The Balaban J connectivity index is 2.96. The first-order valence-electron chi connectivity index (χ1n) is 5.77. The average Bonchev–Trinajstić information content (AvgIpc) is 2.43. The number of aliphatic hydroxyl groups is 1. The average molecular weight is 268 g/mol. The Hall–Kier alpha value is -2.15. The maximum Gasteiger partial charge on any atom is 0.310 e. The summed E-state index contributed by atoms with van der Waals surface area (Å²) in [6.45, 7) is 1.67. The van der Waals surface area contributed by atoms with Gasteiger partial charge in [-0.2, -0.15) is 0 Å². The normalized spacial score (nSPS) is 11.7. The Kier molecular flexibility index (Phi) is 5.25. The van der Waals surface area contributed by atoms with Gasteiger partial charge < -0.3 is 15.2 Å².